The monoisotopic (exact) mass is 405 g/mol. The van der Waals surface area contributed by atoms with Gasteiger partial charge in [0, 0.05) is 31.1 Å². The first-order chi connectivity index (χ1) is 14.4. The van der Waals surface area contributed by atoms with Crippen molar-refractivity contribution in [3.63, 3.8) is 0 Å². The molecule has 3 heterocycles. The molecule has 1 aromatic carbocycles. The minimum Gasteiger partial charge on any atom is -0.302 e. The van der Waals surface area contributed by atoms with Gasteiger partial charge in [-0.2, -0.15) is 10.2 Å². The Morgan fingerprint density at radius 3 is 2.73 bits per heavy atom. The first-order valence-electron chi connectivity index (χ1n) is 11.1. The predicted molar refractivity (Wildman–Crippen MR) is 119 cm³/mol. The highest BCUT2D eigenvalue weighted by molar-refractivity contribution is 5.82. The molecule has 1 saturated heterocycles. The van der Waals surface area contributed by atoms with Crippen LogP contribution in [0.5, 0.6) is 0 Å². The average molecular weight is 406 g/mol. The molecule has 1 aliphatic heterocycles. The van der Waals surface area contributed by atoms with Crippen LogP contribution < -0.4 is 5.56 Å². The predicted octanol–water partition coefficient (Wildman–Crippen LogP) is 3.16. The highest BCUT2D eigenvalue weighted by atomic mass is 16.1. The summed E-state index contributed by atoms with van der Waals surface area (Å²) in [7, 11) is 2.04. The molecule has 5 rings (SSSR count). The lowest BCUT2D eigenvalue weighted by molar-refractivity contribution is -0.0937. The van der Waals surface area contributed by atoms with Crippen molar-refractivity contribution in [3.8, 4) is 0 Å². The molecule has 1 spiro atoms. The largest absolute Gasteiger partial charge is 0.302 e. The molecule has 2 fully saturated rings. The molecule has 30 heavy (non-hydrogen) atoms. The summed E-state index contributed by atoms with van der Waals surface area (Å²) in [6.07, 6.45) is 9.72. The fraction of sp³-hybridized carbons (Fsp3) is 0.542. The number of rotatable bonds is 6. The van der Waals surface area contributed by atoms with Gasteiger partial charge in [0.15, 0.2) is 0 Å². The van der Waals surface area contributed by atoms with E-state index < -0.39 is 0 Å². The van der Waals surface area contributed by atoms with Crippen LogP contribution in [0.4, 0.5) is 0 Å². The van der Waals surface area contributed by atoms with Gasteiger partial charge in [-0.1, -0.05) is 12.1 Å². The summed E-state index contributed by atoms with van der Waals surface area (Å²) >= 11 is 0. The number of aryl methyl sites for hydroxylation is 3. The number of likely N-dealkylation sites (tertiary alicyclic amines) is 1. The van der Waals surface area contributed by atoms with Crippen molar-refractivity contribution in [1.82, 2.24) is 24.9 Å². The lowest BCUT2D eigenvalue weighted by Gasteiger charge is -2.59. The van der Waals surface area contributed by atoms with E-state index in [0.29, 0.717) is 5.41 Å². The summed E-state index contributed by atoms with van der Waals surface area (Å²) in [5, 5.41) is 12.1. The van der Waals surface area contributed by atoms with E-state index in [2.05, 4.69) is 39.3 Å². The Balaban J connectivity index is 1.09. The van der Waals surface area contributed by atoms with Gasteiger partial charge in [-0.3, -0.25) is 9.48 Å². The van der Waals surface area contributed by atoms with Crippen LogP contribution in [0.25, 0.3) is 10.9 Å². The van der Waals surface area contributed by atoms with E-state index in [4.69, 9.17) is 0 Å². The van der Waals surface area contributed by atoms with Crippen molar-refractivity contribution in [2.75, 3.05) is 19.6 Å². The lowest BCUT2D eigenvalue weighted by atomic mass is 9.56. The zero-order valence-electron chi connectivity index (χ0n) is 18.2. The SMILES string of the molecule is Cc1c(CCCN2CC3(CC(Cc4ccc5cnn(C)c5c4C)C3)C2)cn[nH]c1=O. The zero-order valence-corrected chi connectivity index (χ0v) is 18.2. The summed E-state index contributed by atoms with van der Waals surface area (Å²) in [5.41, 5.74) is 6.58. The quantitative estimate of drug-likeness (QED) is 0.684. The Bertz CT molecular complexity index is 1130. The third-order valence-corrected chi connectivity index (χ3v) is 7.47. The Labute approximate surface area is 177 Å². The Morgan fingerprint density at radius 1 is 1.13 bits per heavy atom. The van der Waals surface area contributed by atoms with Gasteiger partial charge in [-0.25, -0.2) is 5.10 Å². The highest BCUT2D eigenvalue weighted by Crippen LogP contribution is 2.53. The van der Waals surface area contributed by atoms with Crippen LogP contribution in [-0.2, 0) is 19.9 Å². The van der Waals surface area contributed by atoms with E-state index in [-0.39, 0.29) is 5.56 Å². The number of H-pyrrole nitrogens is 1. The van der Waals surface area contributed by atoms with Crippen molar-refractivity contribution in [1.29, 1.82) is 0 Å². The van der Waals surface area contributed by atoms with Gasteiger partial charge in [-0.15, -0.1) is 0 Å². The minimum absolute atomic E-state index is 0.0614. The van der Waals surface area contributed by atoms with Gasteiger partial charge in [0.05, 0.1) is 17.9 Å². The van der Waals surface area contributed by atoms with E-state index in [9.17, 15) is 4.79 Å². The van der Waals surface area contributed by atoms with Crippen LogP contribution in [0.15, 0.2) is 29.3 Å². The molecule has 0 bridgehead atoms. The number of hydrogen-bond donors (Lipinski definition) is 1. The third kappa shape index (κ3) is 3.37. The smallest absolute Gasteiger partial charge is 0.267 e. The molecular formula is C24H31N5O. The zero-order chi connectivity index (χ0) is 20.9. The molecule has 0 atom stereocenters. The Kier molecular flexibility index (Phi) is 4.77. The number of nitrogens with one attached hydrogen (secondary N) is 1. The Hall–Kier alpha value is -2.47. The summed E-state index contributed by atoms with van der Waals surface area (Å²) in [5.74, 6) is 0.821. The molecule has 0 radical (unpaired) electrons. The summed E-state index contributed by atoms with van der Waals surface area (Å²) in [6, 6.07) is 4.53. The number of nitrogens with zero attached hydrogens (tertiary/aromatic N) is 4. The molecule has 1 saturated carbocycles. The molecule has 158 valence electrons. The molecule has 6 nitrogen and oxygen atoms in total. The van der Waals surface area contributed by atoms with Crippen LogP contribution in [0.1, 0.15) is 41.5 Å². The van der Waals surface area contributed by atoms with Gasteiger partial charge in [0.25, 0.3) is 5.56 Å². The van der Waals surface area contributed by atoms with E-state index >= 15 is 0 Å². The standard InChI is InChI=1S/C24H31N5O/c1-16-19(6-7-21-13-26-28(3)22(16)21)9-18-10-24(11-18)14-29(15-24)8-4-5-20-12-25-27-23(30)17(20)2/h6-7,12-13,18H,4-5,8-11,14-15H2,1-3H3,(H,27,30). The highest BCUT2D eigenvalue weighted by Gasteiger charge is 2.51. The topological polar surface area (TPSA) is 66.8 Å². The number of aromatic nitrogens is 4. The van der Waals surface area contributed by atoms with Crippen LogP contribution in [0.3, 0.4) is 0 Å². The van der Waals surface area contributed by atoms with E-state index in [1.54, 1.807) is 6.20 Å². The first kappa shape index (κ1) is 19.5. The van der Waals surface area contributed by atoms with E-state index in [1.807, 2.05) is 24.9 Å². The number of fused-ring (bicyclic) bond motifs is 1. The second-order valence-corrected chi connectivity index (χ2v) is 9.70. The van der Waals surface area contributed by atoms with Gasteiger partial charge in [0.2, 0.25) is 0 Å². The summed E-state index contributed by atoms with van der Waals surface area (Å²) < 4.78 is 2.00. The fourth-order valence-corrected chi connectivity index (χ4v) is 5.90. The van der Waals surface area contributed by atoms with Crippen LogP contribution in [0, 0.1) is 25.2 Å². The maximum atomic E-state index is 11.7. The van der Waals surface area contributed by atoms with Gasteiger partial charge in [-0.05, 0) is 80.5 Å². The number of benzene rings is 1. The van der Waals surface area contributed by atoms with Crippen molar-refractivity contribution in [3.05, 3.63) is 57.1 Å². The van der Waals surface area contributed by atoms with E-state index in [1.165, 1.54) is 54.4 Å². The molecular weight excluding hydrogens is 374 g/mol. The second kappa shape index (κ2) is 7.34. The third-order valence-electron chi connectivity index (χ3n) is 7.47. The minimum atomic E-state index is -0.0614. The molecule has 3 aromatic rings. The maximum Gasteiger partial charge on any atom is 0.267 e. The normalized spacial score (nSPS) is 18.6. The molecule has 2 aromatic heterocycles. The van der Waals surface area contributed by atoms with Crippen LogP contribution >= 0.6 is 0 Å². The molecule has 0 amide bonds. The molecule has 0 unspecified atom stereocenters. The average Bonchev–Trinajstić information content (AvgIpc) is 3.04. The van der Waals surface area contributed by atoms with Crippen molar-refractivity contribution < 1.29 is 0 Å². The van der Waals surface area contributed by atoms with Crippen molar-refractivity contribution in [2.24, 2.45) is 18.4 Å². The number of hydrogen-bond acceptors (Lipinski definition) is 4. The maximum absolute atomic E-state index is 11.7. The molecule has 1 N–H and O–H groups in total. The molecule has 1 aliphatic carbocycles. The van der Waals surface area contributed by atoms with Gasteiger partial charge >= 0.3 is 0 Å². The Morgan fingerprint density at radius 2 is 1.93 bits per heavy atom. The van der Waals surface area contributed by atoms with Gasteiger partial charge < -0.3 is 4.90 Å². The fourth-order valence-electron chi connectivity index (χ4n) is 5.90. The van der Waals surface area contributed by atoms with Crippen LogP contribution in [-0.4, -0.2) is 44.5 Å². The van der Waals surface area contributed by atoms with E-state index in [0.717, 1.165) is 36.4 Å². The van der Waals surface area contributed by atoms with Crippen molar-refractivity contribution >= 4 is 10.9 Å². The summed E-state index contributed by atoms with van der Waals surface area (Å²) in [6.45, 7) is 7.74. The second-order valence-electron chi connectivity index (χ2n) is 9.70. The summed E-state index contributed by atoms with van der Waals surface area (Å²) in [4.78, 5) is 14.2. The first-order valence-corrected chi connectivity index (χ1v) is 11.1. The lowest BCUT2D eigenvalue weighted by Crippen LogP contribution is -2.62. The molecule has 2 aliphatic rings. The van der Waals surface area contributed by atoms with Crippen molar-refractivity contribution in [2.45, 2.75) is 46.0 Å². The number of aromatic amines is 1. The van der Waals surface area contributed by atoms with Crippen LogP contribution in [0.2, 0.25) is 0 Å². The van der Waals surface area contributed by atoms with Gasteiger partial charge in [0.1, 0.15) is 0 Å². The molecule has 6 heteroatoms.